The Morgan fingerprint density at radius 3 is 2.79 bits per heavy atom. The molecule has 2 aromatic rings. The number of nitrogens with zero attached hydrogens (tertiary/aromatic N) is 2. The zero-order valence-corrected chi connectivity index (χ0v) is 11.0. The fourth-order valence-electron chi connectivity index (χ4n) is 1.75. The van der Waals surface area contributed by atoms with Gasteiger partial charge in [-0.2, -0.15) is 5.10 Å². The molecule has 102 valence electrons. The van der Waals surface area contributed by atoms with Crippen LogP contribution in [-0.4, -0.2) is 30.0 Å². The maximum Gasteiger partial charge on any atom is 0.123 e. The van der Waals surface area contributed by atoms with E-state index in [0.29, 0.717) is 13.2 Å². The van der Waals surface area contributed by atoms with Crippen molar-refractivity contribution in [1.82, 2.24) is 15.1 Å². The molecule has 0 aliphatic rings. The molecule has 0 unspecified atom stereocenters. The van der Waals surface area contributed by atoms with Gasteiger partial charge in [-0.3, -0.25) is 4.68 Å². The normalized spacial score (nSPS) is 10.8. The van der Waals surface area contributed by atoms with Crippen LogP contribution in [0.3, 0.4) is 0 Å². The fraction of sp³-hybridized carbons (Fsp3) is 0.357. The van der Waals surface area contributed by atoms with E-state index in [1.54, 1.807) is 19.2 Å². The molecular weight excluding hydrogens is 245 g/mol. The highest BCUT2D eigenvalue weighted by Crippen LogP contribution is 2.05. The number of methoxy groups -OCH3 is 1. The van der Waals surface area contributed by atoms with Crippen molar-refractivity contribution in [3.05, 3.63) is 53.6 Å². The highest BCUT2D eigenvalue weighted by molar-refractivity contribution is 5.16. The Morgan fingerprint density at radius 2 is 2.05 bits per heavy atom. The summed E-state index contributed by atoms with van der Waals surface area (Å²) in [5.41, 5.74) is 2.02. The lowest BCUT2D eigenvalue weighted by atomic mass is 10.2. The van der Waals surface area contributed by atoms with Gasteiger partial charge in [0.1, 0.15) is 5.82 Å². The molecule has 19 heavy (non-hydrogen) atoms. The van der Waals surface area contributed by atoms with Crippen LogP contribution in [0.5, 0.6) is 0 Å². The molecule has 0 radical (unpaired) electrons. The first-order valence-corrected chi connectivity index (χ1v) is 6.24. The van der Waals surface area contributed by atoms with Gasteiger partial charge in [-0.05, 0) is 23.8 Å². The Labute approximate surface area is 112 Å². The Hall–Kier alpha value is -1.72. The molecular formula is C14H18FN3O. The maximum atomic E-state index is 12.8. The second kappa shape index (κ2) is 7.01. The number of rotatable bonds is 7. The molecule has 0 bridgehead atoms. The Balaban J connectivity index is 1.85. The van der Waals surface area contributed by atoms with Crippen molar-refractivity contribution >= 4 is 0 Å². The summed E-state index contributed by atoms with van der Waals surface area (Å²) in [5, 5.41) is 7.68. The minimum Gasteiger partial charge on any atom is -0.383 e. The summed E-state index contributed by atoms with van der Waals surface area (Å²) < 4.78 is 19.6. The van der Waals surface area contributed by atoms with Gasteiger partial charge in [-0.25, -0.2) is 4.39 Å². The first-order valence-electron chi connectivity index (χ1n) is 6.24. The van der Waals surface area contributed by atoms with Crippen LogP contribution in [0.15, 0.2) is 36.5 Å². The Bertz CT molecular complexity index is 496. The minimum absolute atomic E-state index is 0.216. The van der Waals surface area contributed by atoms with Crippen molar-refractivity contribution in [3.63, 3.8) is 0 Å². The van der Waals surface area contributed by atoms with E-state index in [2.05, 4.69) is 10.4 Å². The van der Waals surface area contributed by atoms with E-state index < -0.39 is 0 Å². The third kappa shape index (κ3) is 4.46. The third-order valence-corrected chi connectivity index (χ3v) is 2.74. The molecule has 1 aromatic carbocycles. The van der Waals surface area contributed by atoms with Crippen LogP contribution in [0.25, 0.3) is 0 Å². The van der Waals surface area contributed by atoms with Crippen LogP contribution in [0, 0.1) is 5.82 Å². The van der Waals surface area contributed by atoms with Gasteiger partial charge in [0.15, 0.2) is 0 Å². The van der Waals surface area contributed by atoms with Gasteiger partial charge >= 0.3 is 0 Å². The largest absolute Gasteiger partial charge is 0.383 e. The van der Waals surface area contributed by atoms with Crippen LogP contribution in [0.1, 0.15) is 11.3 Å². The van der Waals surface area contributed by atoms with Crippen LogP contribution in [0.4, 0.5) is 4.39 Å². The molecule has 1 aromatic heterocycles. The van der Waals surface area contributed by atoms with E-state index in [1.807, 2.05) is 16.9 Å². The smallest absolute Gasteiger partial charge is 0.123 e. The molecule has 0 atom stereocenters. The number of hydrogen-bond acceptors (Lipinski definition) is 3. The molecule has 0 aliphatic carbocycles. The lowest BCUT2D eigenvalue weighted by Gasteiger charge is -2.03. The average molecular weight is 263 g/mol. The highest BCUT2D eigenvalue weighted by atomic mass is 19.1. The van der Waals surface area contributed by atoms with E-state index in [0.717, 1.165) is 24.3 Å². The van der Waals surface area contributed by atoms with Gasteiger partial charge in [-0.1, -0.05) is 12.1 Å². The zero-order chi connectivity index (χ0) is 13.5. The molecule has 0 saturated heterocycles. The molecule has 1 N–H and O–H groups in total. The number of aromatic nitrogens is 2. The lowest BCUT2D eigenvalue weighted by molar-refractivity contribution is 0.199. The van der Waals surface area contributed by atoms with Gasteiger partial charge in [-0.15, -0.1) is 0 Å². The van der Waals surface area contributed by atoms with E-state index in [9.17, 15) is 4.39 Å². The summed E-state index contributed by atoms with van der Waals surface area (Å²) in [7, 11) is 1.68. The molecule has 2 rings (SSSR count). The summed E-state index contributed by atoms with van der Waals surface area (Å²) in [6.45, 7) is 2.87. The van der Waals surface area contributed by atoms with E-state index in [4.69, 9.17) is 4.74 Å². The second-order valence-electron chi connectivity index (χ2n) is 4.30. The van der Waals surface area contributed by atoms with Crippen molar-refractivity contribution in [3.8, 4) is 0 Å². The van der Waals surface area contributed by atoms with Gasteiger partial charge in [0.05, 0.1) is 18.8 Å². The fourth-order valence-corrected chi connectivity index (χ4v) is 1.75. The summed E-state index contributed by atoms with van der Waals surface area (Å²) in [5.74, 6) is -0.216. The van der Waals surface area contributed by atoms with Gasteiger partial charge in [0.2, 0.25) is 0 Å². The molecule has 0 amide bonds. The quantitative estimate of drug-likeness (QED) is 0.774. The lowest BCUT2D eigenvalue weighted by Crippen LogP contribution is -2.19. The van der Waals surface area contributed by atoms with Crippen molar-refractivity contribution in [2.75, 3.05) is 20.3 Å². The molecule has 5 heteroatoms. The first-order chi connectivity index (χ1) is 9.28. The Kier molecular flexibility index (Phi) is 5.06. The molecule has 1 heterocycles. The number of hydrogen-bond donors (Lipinski definition) is 1. The maximum absolute atomic E-state index is 12.8. The molecule has 0 spiro atoms. The minimum atomic E-state index is -0.216. The number of ether oxygens (including phenoxy) is 1. The predicted molar refractivity (Wildman–Crippen MR) is 71.3 cm³/mol. The highest BCUT2D eigenvalue weighted by Gasteiger charge is 2.00. The SMILES string of the molecule is COCCNCc1ccn(Cc2ccc(F)cc2)n1. The van der Waals surface area contributed by atoms with Crippen LogP contribution < -0.4 is 5.32 Å². The van der Waals surface area contributed by atoms with E-state index in [1.165, 1.54) is 12.1 Å². The molecule has 0 fully saturated rings. The van der Waals surface area contributed by atoms with Crippen molar-refractivity contribution in [1.29, 1.82) is 0 Å². The van der Waals surface area contributed by atoms with E-state index >= 15 is 0 Å². The van der Waals surface area contributed by atoms with Gasteiger partial charge in [0, 0.05) is 26.4 Å². The summed E-state index contributed by atoms with van der Waals surface area (Å²) in [6.07, 6.45) is 1.93. The average Bonchev–Trinajstić information content (AvgIpc) is 2.85. The number of nitrogens with one attached hydrogen (secondary N) is 1. The third-order valence-electron chi connectivity index (χ3n) is 2.74. The van der Waals surface area contributed by atoms with Crippen LogP contribution >= 0.6 is 0 Å². The summed E-state index contributed by atoms with van der Waals surface area (Å²) in [4.78, 5) is 0. The zero-order valence-electron chi connectivity index (χ0n) is 11.0. The Morgan fingerprint density at radius 1 is 1.26 bits per heavy atom. The van der Waals surface area contributed by atoms with Crippen LogP contribution in [-0.2, 0) is 17.8 Å². The molecule has 4 nitrogen and oxygen atoms in total. The topological polar surface area (TPSA) is 39.1 Å². The summed E-state index contributed by atoms with van der Waals surface area (Å²) >= 11 is 0. The number of benzene rings is 1. The summed E-state index contributed by atoms with van der Waals surface area (Å²) in [6, 6.07) is 8.45. The predicted octanol–water partition coefficient (Wildman–Crippen LogP) is 1.81. The second-order valence-corrected chi connectivity index (χ2v) is 4.30. The molecule has 0 aliphatic heterocycles. The van der Waals surface area contributed by atoms with Crippen molar-refractivity contribution in [2.24, 2.45) is 0 Å². The monoisotopic (exact) mass is 263 g/mol. The van der Waals surface area contributed by atoms with Gasteiger partial charge in [0.25, 0.3) is 0 Å². The van der Waals surface area contributed by atoms with Gasteiger partial charge < -0.3 is 10.1 Å². The first kappa shape index (κ1) is 13.7. The van der Waals surface area contributed by atoms with E-state index in [-0.39, 0.29) is 5.82 Å². The van der Waals surface area contributed by atoms with Crippen LogP contribution in [0.2, 0.25) is 0 Å². The number of halogens is 1. The standard InChI is InChI=1S/C14H18FN3O/c1-19-9-7-16-10-14-6-8-18(17-14)11-12-2-4-13(15)5-3-12/h2-6,8,16H,7,9-11H2,1H3. The molecule has 0 saturated carbocycles. The van der Waals surface area contributed by atoms with Crippen molar-refractivity contribution < 1.29 is 9.13 Å². The van der Waals surface area contributed by atoms with Crippen molar-refractivity contribution in [2.45, 2.75) is 13.1 Å².